The number of thioether (sulfide) groups is 1. The van der Waals surface area contributed by atoms with E-state index < -0.39 is 5.91 Å². The van der Waals surface area contributed by atoms with E-state index in [0.29, 0.717) is 36.7 Å². The Kier molecular flexibility index (Phi) is 9.21. The molecular weight excluding hydrogens is 402 g/mol. The number of carbonyl (C=O) groups is 3. The summed E-state index contributed by atoms with van der Waals surface area (Å²) in [5, 5.41) is 2.75. The van der Waals surface area contributed by atoms with Gasteiger partial charge in [0, 0.05) is 35.7 Å². The summed E-state index contributed by atoms with van der Waals surface area (Å²) >= 11 is 1.45. The minimum Gasteiger partial charge on any atom is -0.494 e. The van der Waals surface area contributed by atoms with Crippen molar-refractivity contribution in [3.05, 3.63) is 54.1 Å². The van der Waals surface area contributed by atoms with Crippen molar-refractivity contribution in [2.75, 3.05) is 30.8 Å². The molecule has 0 atom stereocenters. The quantitative estimate of drug-likeness (QED) is 0.534. The second kappa shape index (κ2) is 11.9. The Bertz CT molecular complexity index is 854. The molecule has 30 heavy (non-hydrogen) atoms. The number of nitrogens with zero attached hydrogens (tertiary/aromatic N) is 1. The Morgan fingerprint density at radius 1 is 1.03 bits per heavy atom. The number of primary amides is 1. The first-order valence-electron chi connectivity index (χ1n) is 9.76. The van der Waals surface area contributed by atoms with Crippen LogP contribution in [0, 0.1) is 0 Å². The molecule has 3 N–H and O–H groups in total. The predicted molar refractivity (Wildman–Crippen MR) is 119 cm³/mol. The number of anilines is 1. The number of amides is 3. The van der Waals surface area contributed by atoms with Crippen LogP contribution in [0.2, 0.25) is 0 Å². The van der Waals surface area contributed by atoms with Crippen LogP contribution in [-0.4, -0.2) is 48.1 Å². The number of hydrogen-bond acceptors (Lipinski definition) is 5. The lowest BCUT2D eigenvalue weighted by Gasteiger charge is -2.20. The highest BCUT2D eigenvalue weighted by Crippen LogP contribution is 2.22. The van der Waals surface area contributed by atoms with Gasteiger partial charge in [0.05, 0.1) is 12.4 Å². The summed E-state index contributed by atoms with van der Waals surface area (Å²) in [6.07, 6.45) is 0.185. The third-order valence-corrected chi connectivity index (χ3v) is 5.29. The fraction of sp³-hybridized carbons (Fsp3) is 0.318. The first kappa shape index (κ1) is 23.3. The van der Waals surface area contributed by atoms with Crippen molar-refractivity contribution >= 4 is 35.2 Å². The lowest BCUT2D eigenvalue weighted by molar-refractivity contribution is -0.128. The Morgan fingerprint density at radius 3 is 2.27 bits per heavy atom. The maximum absolute atomic E-state index is 12.5. The van der Waals surface area contributed by atoms with E-state index >= 15 is 0 Å². The highest BCUT2D eigenvalue weighted by molar-refractivity contribution is 8.00. The number of nitrogens with two attached hydrogens (primary N) is 1. The molecule has 0 heterocycles. The molecule has 7 nitrogen and oxygen atoms in total. The number of hydrogen-bond donors (Lipinski definition) is 2. The zero-order valence-corrected chi connectivity index (χ0v) is 18.0. The van der Waals surface area contributed by atoms with Gasteiger partial charge in [-0.3, -0.25) is 14.4 Å². The van der Waals surface area contributed by atoms with Gasteiger partial charge in [0.1, 0.15) is 5.75 Å². The number of ether oxygens (including phenoxy) is 1. The summed E-state index contributed by atoms with van der Waals surface area (Å²) in [6, 6.07) is 14.0. The zero-order valence-electron chi connectivity index (χ0n) is 17.2. The Balaban J connectivity index is 1.78. The van der Waals surface area contributed by atoms with Crippen molar-refractivity contribution < 1.29 is 19.1 Å². The molecule has 0 aromatic heterocycles. The van der Waals surface area contributed by atoms with Crippen LogP contribution in [0.5, 0.6) is 5.75 Å². The molecule has 0 aliphatic heterocycles. The second-order valence-corrected chi connectivity index (χ2v) is 7.46. The van der Waals surface area contributed by atoms with Gasteiger partial charge in [0.25, 0.3) is 0 Å². The van der Waals surface area contributed by atoms with E-state index in [1.807, 2.05) is 38.1 Å². The van der Waals surface area contributed by atoms with E-state index in [9.17, 15) is 14.4 Å². The molecular formula is C22H27N3O4S. The lowest BCUT2D eigenvalue weighted by atomic mass is 10.2. The fourth-order valence-electron chi connectivity index (χ4n) is 2.67. The van der Waals surface area contributed by atoms with Gasteiger partial charge >= 0.3 is 0 Å². The van der Waals surface area contributed by atoms with Crippen molar-refractivity contribution in [1.82, 2.24) is 4.90 Å². The first-order valence-corrected chi connectivity index (χ1v) is 10.7. The lowest BCUT2D eigenvalue weighted by Crippen LogP contribution is -2.34. The van der Waals surface area contributed by atoms with Crippen molar-refractivity contribution in [3.63, 3.8) is 0 Å². The first-order chi connectivity index (χ1) is 14.4. The molecule has 2 aromatic carbocycles. The van der Waals surface area contributed by atoms with E-state index in [2.05, 4.69) is 5.32 Å². The third-order valence-electron chi connectivity index (χ3n) is 4.29. The highest BCUT2D eigenvalue weighted by Gasteiger charge is 2.14. The van der Waals surface area contributed by atoms with Crippen molar-refractivity contribution in [2.24, 2.45) is 5.73 Å². The highest BCUT2D eigenvalue weighted by atomic mass is 32.2. The summed E-state index contributed by atoms with van der Waals surface area (Å²) in [5.74, 6) is 0.367. The molecule has 0 saturated heterocycles. The standard InChI is InChI=1S/C22H27N3O4S/c1-3-25(21(27)15-30-19-11-9-18(10-12-19)29-4-2)14-13-20(26)24-17-7-5-16(6-8-17)22(23)28/h5-12H,3-4,13-15H2,1-2H3,(H2,23,28)(H,24,26). The summed E-state index contributed by atoms with van der Waals surface area (Å²) in [4.78, 5) is 38.4. The smallest absolute Gasteiger partial charge is 0.248 e. The van der Waals surface area contributed by atoms with E-state index in [0.717, 1.165) is 10.6 Å². The van der Waals surface area contributed by atoms with Crippen LogP contribution < -0.4 is 15.8 Å². The second-order valence-electron chi connectivity index (χ2n) is 6.41. The molecule has 0 saturated carbocycles. The van der Waals surface area contributed by atoms with Crippen LogP contribution in [0.3, 0.4) is 0 Å². The van der Waals surface area contributed by atoms with Crippen LogP contribution in [-0.2, 0) is 9.59 Å². The number of rotatable bonds is 11. The van der Waals surface area contributed by atoms with Gasteiger partial charge in [-0.1, -0.05) is 0 Å². The Hall–Kier alpha value is -3.00. The number of nitrogens with one attached hydrogen (secondary N) is 1. The van der Waals surface area contributed by atoms with Gasteiger partial charge in [0.2, 0.25) is 17.7 Å². The summed E-state index contributed by atoms with van der Waals surface area (Å²) in [6.45, 7) is 5.30. The van der Waals surface area contributed by atoms with Gasteiger partial charge in [-0.2, -0.15) is 0 Å². The van der Waals surface area contributed by atoms with Crippen LogP contribution in [0.4, 0.5) is 5.69 Å². The number of carbonyl (C=O) groups excluding carboxylic acids is 3. The largest absolute Gasteiger partial charge is 0.494 e. The third kappa shape index (κ3) is 7.44. The summed E-state index contributed by atoms with van der Waals surface area (Å²) in [7, 11) is 0. The van der Waals surface area contributed by atoms with E-state index in [1.165, 1.54) is 11.8 Å². The molecule has 2 rings (SSSR count). The SMILES string of the molecule is CCOc1ccc(SCC(=O)N(CC)CCC(=O)Nc2ccc(C(N)=O)cc2)cc1. The molecule has 0 fully saturated rings. The van der Waals surface area contributed by atoms with Crippen LogP contribution in [0.1, 0.15) is 30.6 Å². The Morgan fingerprint density at radius 2 is 1.70 bits per heavy atom. The molecule has 0 bridgehead atoms. The molecule has 0 aliphatic rings. The molecule has 3 amide bonds. The van der Waals surface area contributed by atoms with Crippen molar-refractivity contribution in [2.45, 2.75) is 25.2 Å². The monoisotopic (exact) mass is 429 g/mol. The van der Waals surface area contributed by atoms with E-state index in [4.69, 9.17) is 10.5 Å². The number of benzene rings is 2. The minimum atomic E-state index is -0.520. The van der Waals surface area contributed by atoms with E-state index in [-0.39, 0.29) is 18.2 Å². The Labute approximate surface area is 181 Å². The molecule has 0 unspecified atom stereocenters. The van der Waals surface area contributed by atoms with E-state index in [1.54, 1.807) is 29.2 Å². The molecule has 8 heteroatoms. The molecule has 2 aromatic rings. The summed E-state index contributed by atoms with van der Waals surface area (Å²) < 4.78 is 5.41. The van der Waals surface area contributed by atoms with Crippen LogP contribution in [0.15, 0.2) is 53.4 Å². The van der Waals surface area contributed by atoms with Gasteiger partial charge in [-0.05, 0) is 62.4 Å². The molecule has 160 valence electrons. The van der Waals surface area contributed by atoms with Crippen LogP contribution >= 0.6 is 11.8 Å². The average molecular weight is 430 g/mol. The normalized spacial score (nSPS) is 10.3. The van der Waals surface area contributed by atoms with Crippen molar-refractivity contribution in [3.8, 4) is 5.75 Å². The molecule has 0 spiro atoms. The van der Waals surface area contributed by atoms with Gasteiger partial charge in [-0.25, -0.2) is 0 Å². The predicted octanol–water partition coefficient (Wildman–Crippen LogP) is 3.15. The van der Waals surface area contributed by atoms with Gasteiger partial charge in [-0.15, -0.1) is 11.8 Å². The summed E-state index contributed by atoms with van der Waals surface area (Å²) in [5.41, 5.74) is 6.15. The average Bonchev–Trinajstić information content (AvgIpc) is 2.74. The molecule has 0 aliphatic carbocycles. The van der Waals surface area contributed by atoms with Crippen molar-refractivity contribution in [1.29, 1.82) is 0 Å². The maximum atomic E-state index is 12.5. The molecule has 0 radical (unpaired) electrons. The maximum Gasteiger partial charge on any atom is 0.248 e. The van der Waals surface area contributed by atoms with Crippen LogP contribution in [0.25, 0.3) is 0 Å². The topological polar surface area (TPSA) is 102 Å². The van der Waals surface area contributed by atoms with Gasteiger partial charge < -0.3 is 20.7 Å². The van der Waals surface area contributed by atoms with Gasteiger partial charge in [0.15, 0.2) is 0 Å². The zero-order chi connectivity index (χ0) is 21.9. The fourth-order valence-corrected chi connectivity index (χ4v) is 3.47. The minimum absolute atomic E-state index is 0.0185.